The topological polar surface area (TPSA) is 50.6 Å². The van der Waals surface area contributed by atoms with Gasteiger partial charge in [-0.25, -0.2) is 0 Å². The first-order valence-corrected chi connectivity index (χ1v) is 12.2. The maximum Gasteiger partial charge on any atom is 0.274 e. The second-order valence-electron chi connectivity index (χ2n) is 8.31. The maximum atomic E-state index is 13.3. The molecule has 1 aliphatic heterocycles. The van der Waals surface area contributed by atoms with Gasteiger partial charge in [-0.15, -0.1) is 6.58 Å². The number of benzene rings is 1. The third-order valence-electron chi connectivity index (χ3n) is 6.31. The SMILES string of the molecule is C=CCn1nc(C(=O)N2CCSCC2)c2c1CC[C@H](N(C)Cc1cccc(OC)c1)C2. The number of nitrogens with zero attached hydrogens (tertiary/aromatic N) is 4. The van der Waals surface area contributed by atoms with E-state index in [-0.39, 0.29) is 5.91 Å². The fourth-order valence-corrected chi connectivity index (χ4v) is 5.50. The van der Waals surface area contributed by atoms with Gasteiger partial charge in [0, 0.05) is 48.4 Å². The quantitative estimate of drug-likeness (QED) is 0.619. The van der Waals surface area contributed by atoms with Gasteiger partial charge in [-0.05, 0) is 44.0 Å². The zero-order valence-electron chi connectivity index (χ0n) is 18.5. The second kappa shape index (κ2) is 9.92. The van der Waals surface area contributed by atoms with Gasteiger partial charge in [-0.3, -0.25) is 14.4 Å². The van der Waals surface area contributed by atoms with Gasteiger partial charge in [0.05, 0.1) is 13.7 Å². The molecule has 0 N–H and O–H groups in total. The molecule has 2 aliphatic rings. The highest BCUT2D eigenvalue weighted by molar-refractivity contribution is 7.99. The summed E-state index contributed by atoms with van der Waals surface area (Å²) in [5.41, 5.74) is 4.24. The molecule has 1 aromatic carbocycles. The van der Waals surface area contributed by atoms with Crippen LogP contribution >= 0.6 is 11.8 Å². The van der Waals surface area contributed by atoms with Crippen LogP contribution in [0.5, 0.6) is 5.75 Å². The van der Waals surface area contributed by atoms with Crippen LogP contribution in [-0.2, 0) is 25.9 Å². The molecule has 0 bridgehead atoms. The van der Waals surface area contributed by atoms with Crippen molar-refractivity contribution in [1.29, 1.82) is 0 Å². The zero-order valence-corrected chi connectivity index (χ0v) is 19.4. The fraction of sp³-hybridized carbons (Fsp3) is 0.500. The molecule has 1 atom stereocenters. The molecule has 0 spiro atoms. The molecule has 31 heavy (non-hydrogen) atoms. The molecule has 2 heterocycles. The molecule has 1 saturated heterocycles. The first kappa shape index (κ1) is 22.0. The van der Waals surface area contributed by atoms with Crippen molar-refractivity contribution in [3.8, 4) is 5.75 Å². The van der Waals surface area contributed by atoms with E-state index in [1.807, 2.05) is 39.6 Å². The van der Waals surface area contributed by atoms with Gasteiger partial charge < -0.3 is 9.64 Å². The van der Waals surface area contributed by atoms with Gasteiger partial charge >= 0.3 is 0 Å². The van der Waals surface area contributed by atoms with Gasteiger partial charge in [0.1, 0.15) is 5.75 Å². The van der Waals surface area contributed by atoms with E-state index in [1.54, 1.807) is 7.11 Å². The Morgan fingerprint density at radius 2 is 2.19 bits per heavy atom. The predicted molar refractivity (Wildman–Crippen MR) is 126 cm³/mol. The van der Waals surface area contributed by atoms with Crippen molar-refractivity contribution in [2.75, 3.05) is 38.8 Å². The highest BCUT2D eigenvalue weighted by Gasteiger charge is 2.32. The van der Waals surface area contributed by atoms with Crippen LogP contribution in [-0.4, -0.2) is 70.3 Å². The van der Waals surface area contributed by atoms with E-state index in [0.717, 1.165) is 61.7 Å². The van der Waals surface area contributed by atoms with Crippen LogP contribution in [0.3, 0.4) is 0 Å². The Hall–Kier alpha value is -2.25. The average molecular weight is 441 g/mol. The standard InChI is InChI=1S/C24H32N4O2S/c1-4-10-28-22-9-8-19(26(2)17-18-6-5-7-20(15-18)30-3)16-21(22)23(25-28)24(29)27-11-13-31-14-12-27/h4-7,15,19H,1,8-14,16-17H2,2-3H3/t19-/m0/s1. The minimum atomic E-state index is 0.0930. The number of allylic oxidation sites excluding steroid dienone is 1. The van der Waals surface area contributed by atoms with E-state index < -0.39 is 0 Å². The Labute approximate surface area is 189 Å². The van der Waals surface area contributed by atoms with Crippen LogP contribution in [0.4, 0.5) is 0 Å². The summed E-state index contributed by atoms with van der Waals surface area (Å²) in [6.45, 7) is 7.00. The number of hydrogen-bond donors (Lipinski definition) is 0. The number of carbonyl (C=O) groups is 1. The Morgan fingerprint density at radius 1 is 1.39 bits per heavy atom. The minimum Gasteiger partial charge on any atom is -0.497 e. The van der Waals surface area contributed by atoms with Crippen molar-refractivity contribution in [3.63, 3.8) is 0 Å². The maximum absolute atomic E-state index is 13.3. The number of amides is 1. The van der Waals surface area contributed by atoms with Gasteiger partial charge in [-0.1, -0.05) is 18.2 Å². The zero-order chi connectivity index (χ0) is 21.8. The van der Waals surface area contributed by atoms with Crippen LogP contribution in [0.15, 0.2) is 36.9 Å². The van der Waals surface area contributed by atoms with Crippen molar-refractivity contribution < 1.29 is 9.53 Å². The summed E-state index contributed by atoms with van der Waals surface area (Å²) in [4.78, 5) is 17.7. The Balaban J connectivity index is 1.54. The molecule has 166 valence electrons. The van der Waals surface area contributed by atoms with Crippen molar-refractivity contribution in [2.45, 2.75) is 38.4 Å². The normalized spacial score (nSPS) is 18.7. The summed E-state index contributed by atoms with van der Waals surface area (Å²) in [6.07, 6.45) is 4.72. The number of thioether (sulfide) groups is 1. The Kier molecular flexibility index (Phi) is 7.02. The molecule has 0 radical (unpaired) electrons. The Morgan fingerprint density at radius 3 is 2.94 bits per heavy atom. The molecule has 1 aliphatic carbocycles. The second-order valence-corrected chi connectivity index (χ2v) is 9.54. The molecular weight excluding hydrogens is 408 g/mol. The van der Waals surface area contributed by atoms with E-state index in [0.29, 0.717) is 18.3 Å². The van der Waals surface area contributed by atoms with E-state index in [4.69, 9.17) is 9.84 Å². The van der Waals surface area contributed by atoms with E-state index >= 15 is 0 Å². The highest BCUT2D eigenvalue weighted by atomic mass is 32.2. The lowest BCUT2D eigenvalue weighted by Crippen LogP contribution is -2.40. The summed E-state index contributed by atoms with van der Waals surface area (Å²) in [6, 6.07) is 8.62. The summed E-state index contributed by atoms with van der Waals surface area (Å²) >= 11 is 1.91. The lowest BCUT2D eigenvalue weighted by molar-refractivity contribution is 0.0763. The van der Waals surface area contributed by atoms with Crippen molar-refractivity contribution in [3.05, 3.63) is 59.4 Å². The molecule has 7 heteroatoms. The van der Waals surface area contributed by atoms with Crippen molar-refractivity contribution in [1.82, 2.24) is 19.6 Å². The smallest absolute Gasteiger partial charge is 0.274 e. The molecule has 0 unspecified atom stereocenters. The third kappa shape index (κ3) is 4.83. The predicted octanol–water partition coefficient (Wildman–Crippen LogP) is 3.26. The van der Waals surface area contributed by atoms with Gasteiger partial charge in [-0.2, -0.15) is 16.9 Å². The van der Waals surface area contributed by atoms with Gasteiger partial charge in [0.25, 0.3) is 5.91 Å². The Bertz CT molecular complexity index is 936. The van der Waals surface area contributed by atoms with Crippen LogP contribution in [0, 0.1) is 0 Å². The number of aromatic nitrogens is 2. The minimum absolute atomic E-state index is 0.0930. The molecule has 4 rings (SSSR count). The summed E-state index contributed by atoms with van der Waals surface area (Å²) in [5, 5.41) is 4.77. The van der Waals surface area contributed by atoms with Crippen LogP contribution in [0.25, 0.3) is 0 Å². The number of ether oxygens (including phenoxy) is 1. The number of carbonyl (C=O) groups excluding carboxylic acids is 1. The summed E-state index contributed by atoms with van der Waals surface area (Å²) in [7, 11) is 3.87. The van der Waals surface area contributed by atoms with E-state index in [9.17, 15) is 4.79 Å². The number of likely N-dealkylation sites (N-methyl/N-ethyl adjacent to an activating group) is 1. The first-order valence-electron chi connectivity index (χ1n) is 11.0. The number of hydrogen-bond acceptors (Lipinski definition) is 5. The summed E-state index contributed by atoms with van der Waals surface area (Å²) < 4.78 is 7.37. The monoisotopic (exact) mass is 440 g/mol. The lowest BCUT2D eigenvalue weighted by Gasteiger charge is -2.32. The van der Waals surface area contributed by atoms with Crippen LogP contribution < -0.4 is 4.74 Å². The molecule has 2 aromatic rings. The largest absolute Gasteiger partial charge is 0.497 e. The van der Waals surface area contributed by atoms with Crippen molar-refractivity contribution in [2.24, 2.45) is 0 Å². The summed E-state index contributed by atoms with van der Waals surface area (Å²) in [5.74, 6) is 2.99. The van der Waals surface area contributed by atoms with Gasteiger partial charge in [0.2, 0.25) is 0 Å². The first-order chi connectivity index (χ1) is 15.1. The number of methoxy groups -OCH3 is 1. The molecular formula is C24H32N4O2S. The lowest BCUT2D eigenvalue weighted by atomic mass is 9.90. The molecule has 0 saturated carbocycles. The van der Waals surface area contributed by atoms with Crippen LogP contribution in [0.2, 0.25) is 0 Å². The molecule has 1 aromatic heterocycles. The van der Waals surface area contributed by atoms with Crippen molar-refractivity contribution >= 4 is 17.7 Å². The highest BCUT2D eigenvalue weighted by Crippen LogP contribution is 2.29. The number of fused-ring (bicyclic) bond motifs is 1. The van der Waals surface area contributed by atoms with Crippen LogP contribution in [0.1, 0.15) is 33.7 Å². The third-order valence-corrected chi connectivity index (χ3v) is 7.26. The molecule has 1 fully saturated rings. The molecule has 1 amide bonds. The van der Waals surface area contributed by atoms with Gasteiger partial charge in [0.15, 0.2) is 5.69 Å². The fourth-order valence-electron chi connectivity index (χ4n) is 4.59. The number of rotatable bonds is 7. The average Bonchev–Trinajstić information content (AvgIpc) is 3.17. The van der Waals surface area contributed by atoms with E-state index in [1.165, 1.54) is 11.3 Å². The molecule has 6 nitrogen and oxygen atoms in total. The van der Waals surface area contributed by atoms with E-state index in [2.05, 4.69) is 30.7 Å².